The minimum Gasteiger partial charge on any atom is -0.480 e. The molecule has 0 aliphatic heterocycles. The fourth-order valence-electron chi connectivity index (χ4n) is 1.36. The maximum Gasteiger partial charge on any atom is 0.325 e. The van der Waals surface area contributed by atoms with Gasteiger partial charge < -0.3 is 5.11 Å². The predicted molar refractivity (Wildman–Crippen MR) is 63.2 cm³/mol. The van der Waals surface area contributed by atoms with E-state index in [1.165, 1.54) is 0 Å². The quantitative estimate of drug-likeness (QED) is 0.931. The van der Waals surface area contributed by atoms with Crippen LogP contribution in [0.5, 0.6) is 0 Å². The lowest BCUT2D eigenvalue weighted by atomic mass is 10.1. The third-order valence-corrected chi connectivity index (χ3v) is 2.93. The summed E-state index contributed by atoms with van der Waals surface area (Å²) < 4.78 is 0.705. The first-order valence-electron chi connectivity index (χ1n) is 4.27. The average Bonchev–Trinajstić information content (AvgIpc) is 2.08. The Hall–Kier alpha value is -0.580. The molecule has 1 N–H and O–H groups in total. The van der Waals surface area contributed by atoms with Gasteiger partial charge in [0.1, 0.15) is 6.04 Å². The van der Waals surface area contributed by atoms with Gasteiger partial charge in [0.05, 0.1) is 0 Å². The van der Waals surface area contributed by atoms with Gasteiger partial charge in [0, 0.05) is 9.50 Å². The highest BCUT2D eigenvalue weighted by molar-refractivity contribution is 9.10. The summed E-state index contributed by atoms with van der Waals surface area (Å²) >= 11 is 9.10. The van der Waals surface area contributed by atoms with E-state index in [0.717, 1.165) is 0 Å². The summed E-state index contributed by atoms with van der Waals surface area (Å²) in [5.74, 6) is -0.886. The Morgan fingerprint density at radius 2 is 2.13 bits per heavy atom. The molecule has 1 aromatic rings. The highest BCUT2D eigenvalue weighted by Crippen LogP contribution is 2.29. The van der Waals surface area contributed by atoms with E-state index in [-0.39, 0.29) is 0 Å². The van der Waals surface area contributed by atoms with Crippen LogP contribution in [0.3, 0.4) is 0 Å². The highest BCUT2D eigenvalue weighted by atomic mass is 79.9. The average molecular weight is 293 g/mol. The van der Waals surface area contributed by atoms with Gasteiger partial charge in [-0.05, 0) is 31.8 Å². The summed E-state index contributed by atoms with van der Waals surface area (Å²) in [6.45, 7) is 0. The summed E-state index contributed by atoms with van der Waals surface area (Å²) in [4.78, 5) is 12.7. The molecular weight excluding hydrogens is 281 g/mol. The molecule has 5 heteroatoms. The Bertz CT molecular complexity index is 382. The van der Waals surface area contributed by atoms with Gasteiger partial charge in [-0.1, -0.05) is 33.6 Å². The Kier molecular flexibility index (Phi) is 4.13. The molecule has 0 saturated carbocycles. The molecule has 0 radical (unpaired) electrons. The zero-order valence-corrected chi connectivity index (χ0v) is 10.7. The third kappa shape index (κ3) is 2.93. The first-order valence-corrected chi connectivity index (χ1v) is 5.44. The lowest BCUT2D eigenvalue weighted by Gasteiger charge is -2.21. The van der Waals surface area contributed by atoms with Crippen LogP contribution in [-0.4, -0.2) is 30.1 Å². The second-order valence-electron chi connectivity index (χ2n) is 3.37. The number of benzene rings is 1. The maximum atomic E-state index is 11.1. The molecule has 82 valence electrons. The van der Waals surface area contributed by atoms with Gasteiger partial charge in [0.2, 0.25) is 0 Å². The SMILES string of the molecule is CN(C)C(C(=O)O)c1ccc(Cl)cc1Br. The minimum absolute atomic E-state index is 0.577. The highest BCUT2D eigenvalue weighted by Gasteiger charge is 2.24. The Morgan fingerprint density at radius 3 is 2.53 bits per heavy atom. The second kappa shape index (κ2) is 4.96. The number of carboxylic acid groups (broad SMARTS) is 1. The smallest absolute Gasteiger partial charge is 0.325 e. The molecule has 0 amide bonds. The van der Waals surface area contributed by atoms with Gasteiger partial charge in [0.25, 0.3) is 0 Å². The van der Waals surface area contributed by atoms with Crippen LogP contribution in [0.25, 0.3) is 0 Å². The normalized spacial score (nSPS) is 12.9. The molecule has 15 heavy (non-hydrogen) atoms. The minimum atomic E-state index is -0.886. The van der Waals surface area contributed by atoms with Crippen LogP contribution >= 0.6 is 27.5 Å². The molecule has 0 bridgehead atoms. The van der Waals surface area contributed by atoms with E-state index in [9.17, 15) is 4.79 Å². The number of likely N-dealkylation sites (N-methyl/N-ethyl adjacent to an activating group) is 1. The molecule has 1 rings (SSSR count). The van der Waals surface area contributed by atoms with Crippen LogP contribution in [0.15, 0.2) is 22.7 Å². The number of rotatable bonds is 3. The zero-order valence-electron chi connectivity index (χ0n) is 8.37. The molecule has 1 aromatic carbocycles. The molecule has 0 aliphatic rings. The summed E-state index contributed by atoms with van der Waals surface area (Å²) in [6, 6.07) is 4.42. The van der Waals surface area contributed by atoms with E-state index in [2.05, 4.69) is 15.9 Å². The standard InChI is InChI=1S/C10H11BrClNO2/c1-13(2)9(10(14)15)7-4-3-6(12)5-8(7)11/h3-5,9H,1-2H3,(H,14,15). The Balaban J connectivity index is 3.17. The summed E-state index contributed by atoms with van der Waals surface area (Å²) in [5.41, 5.74) is 0.692. The lowest BCUT2D eigenvalue weighted by Crippen LogP contribution is -2.27. The molecule has 1 unspecified atom stereocenters. The molecular formula is C10H11BrClNO2. The lowest BCUT2D eigenvalue weighted by molar-refractivity contribution is -0.142. The molecule has 3 nitrogen and oxygen atoms in total. The van der Waals surface area contributed by atoms with Crippen molar-refractivity contribution in [1.29, 1.82) is 0 Å². The zero-order chi connectivity index (χ0) is 11.6. The summed E-state index contributed by atoms with van der Waals surface area (Å²) in [6.07, 6.45) is 0. The first-order chi connectivity index (χ1) is 6.93. The first kappa shape index (κ1) is 12.5. The molecule has 0 aromatic heterocycles. The van der Waals surface area contributed by atoms with Gasteiger partial charge in [-0.3, -0.25) is 9.69 Å². The van der Waals surface area contributed by atoms with Crippen molar-refractivity contribution in [2.24, 2.45) is 0 Å². The number of nitrogens with zero attached hydrogens (tertiary/aromatic N) is 1. The monoisotopic (exact) mass is 291 g/mol. The van der Waals surface area contributed by atoms with Gasteiger partial charge >= 0.3 is 5.97 Å². The van der Waals surface area contributed by atoms with E-state index in [4.69, 9.17) is 16.7 Å². The third-order valence-electron chi connectivity index (χ3n) is 2.01. The van der Waals surface area contributed by atoms with Crippen molar-refractivity contribution in [3.63, 3.8) is 0 Å². The van der Waals surface area contributed by atoms with Crippen molar-refractivity contribution in [3.05, 3.63) is 33.3 Å². The number of carbonyl (C=O) groups is 1. The molecule has 0 saturated heterocycles. The second-order valence-corrected chi connectivity index (χ2v) is 4.66. The van der Waals surface area contributed by atoms with Crippen molar-refractivity contribution < 1.29 is 9.90 Å². The van der Waals surface area contributed by atoms with Crippen LogP contribution in [0.2, 0.25) is 5.02 Å². The molecule has 0 fully saturated rings. The van der Waals surface area contributed by atoms with E-state index in [1.54, 1.807) is 37.2 Å². The Morgan fingerprint density at radius 1 is 1.53 bits per heavy atom. The van der Waals surface area contributed by atoms with E-state index in [1.807, 2.05) is 0 Å². The molecule has 0 heterocycles. The van der Waals surface area contributed by atoms with Crippen molar-refractivity contribution in [1.82, 2.24) is 4.90 Å². The van der Waals surface area contributed by atoms with Crippen LogP contribution in [0.1, 0.15) is 11.6 Å². The Labute approximate surface area is 102 Å². The maximum absolute atomic E-state index is 11.1. The summed E-state index contributed by atoms with van der Waals surface area (Å²) in [7, 11) is 3.44. The van der Waals surface area contributed by atoms with E-state index in [0.29, 0.717) is 15.1 Å². The van der Waals surface area contributed by atoms with Crippen LogP contribution < -0.4 is 0 Å². The number of halogens is 2. The molecule has 0 aliphatic carbocycles. The van der Waals surface area contributed by atoms with Crippen LogP contribution in [-0.2, 0) is 4.79 Å². The number of hydrogen-bond acceptors (Lipinski definition) is 2. The summed E-state index contributed by atoms with van der Waals surface area (Å²) in [5, 5.41) is 9.67. The largest absolute Gasteiger partial charge is 0.480 e. The van der Waals surface area contributed by atoms with Crippen molar-refractivity contribution in [2.75, 3.05) is 14.1 Å². The van der Waals surface area contributed by atoms with Gasteiger partial charge in [0.15, 0.2) is 0 Å². The van der Waals surface area contributed by atoms with Crippen LogP contribution in [0, 0.1) is 0 Å². The number of hydrogen-bond donors (Lipinski definition) is 1. The van der Waals surface area contributed by atoms with Gasteiger partial charge in [-0.15, -0.1) is 0 Å². The topological polar surface area (TPSA) is 40.5 Å². The van der Waals surface area contributed by atoms with Gasteiger partial charge in [-0.25, -0.2) is 0 Å². The van der Waals surface area contributed by atoms with Crippen molar-refractivity contribution in [2.45, 2.75) is 6.04 Å². The number of carboxylic acids is 1. The van der Waals surface area contributed by atoms with Crippen molar-refractivity contribution in [3.8, 4) is 0 Å². The molecule has 0 spiro atoms. The van der Waals surface area contributed by atoms with Gasteiger partial charge in [-0.2, -0.15) is 0 Å². The number of aliphatic carboxylic acids is 1. The van der Waals surface area contributed by atoms with E-state index >= 15 is 0 Å². The van der Waals surface area contributed by atoms with Crippen LogP contribution in [0.4, 0.5) is 0 Å². The molecule has 1 atom stereocenters. The van der Waals surface area contributed by atoms with E-state index < -0.39 is 12.0 Å². The fraction of sp³-hybridized carbons (Fsp3) is 0.300. The predicted octanol–water partition coefficient (Wildman–Crippen LogP) is 2.79. The van der Waals surface area contributed by atoms with Crippen molar-refractivity contribution >= 4 is 33.5 Å². The fourth-order valence-corrected chi connectivity index (χ4v) is 2.25.